The van der Waals surface area contributed by atoms with E-state index in [1.54, 1.807) is 13.3 Å². The van der Waals surface area contributed by atoms with Crippen molar-refractivity contribution in [2.24, 2.45) is 5.92 Å². The topological polar surface area (TPSA) is 31.4 Å². The quantitative estimate of drug-likeness (QED) is 0.845. The van der Waals surface area contributed by atoms with Crippen molar-refractivity contribution in [3.8, 4) is 11.5 Å². The van der Waals surface area contributed by atoms with Crippen molar-refractivity contribution < 1.29 is 9.47 Å². The van der Waals surface area contributed by atoms with Gasteiger partial charge in [0.1, 0.15) is 11.5 Å². The number of para-hydroxylation sites is 1. The van der Waals surface area contributed by atoms with Crippen LogP contribution in [0, 0.1) is 5.92 Å². The minimum atomic E-state index is 0.504. The van der Waals surface area contributed by atoms with Crippen LogP contribution in [0.15, 0.2) is 42.7 Å². The summed E-state index contributed by atoms with van der Waals surface area (Å²) in [5.41, 5.74) is 2.50. The molecule has 0 N–H and O–H groups in total. The van der Waals surface area contributed by atoms with E-state index in [1.807, 2.05) is 24.4 Å². The van der Waals surface area contributed by atoms with Crippen molar-refractivity contribution in [3.63, 3.8) is 0 Å². The molecule has 2 heterocycles. The molecule has 1 aliphatic rings. The number of nitrogens with zero attached hydrogens (tertiary/aromatic N) is 1. The number of benzene rings is 1. The summed E-state index contributed by atoms with van der Waals surface area (Å²) < 4.78 is 11.0. The Morgan fingerprint density at radius 1 is 1.32 bits per heavy atom. The Labute approximate surface area is 113 Å². The number of rotatable bonds is 3. The predicted molar refractivity (Wildman–Crippen MR) is 73.6 cm³/mol. The Bertz CT molecular complexity index is 568. The molecule has 0 bridgehead atoms. The van der Waals surface area contributed by atoms with Crippen LogP contribution in [0.2, 0.25) is 0 Å². The van der Waals surface area contributed by atoms with E-state index >= 15 is 0 Å². The molecule has 2 aromatic rings. The van der Waals surface area contributed by atoms with Crippen LogP contribution in [0.5, 0.6) is 11.5 Å². The molecule has 3 heteroatoms. The maximum atomic E-state index is 5.81. The van der Waals surface area contributed by atoms with Gasteiger partial charge in [0.05, 0.1) is 19.9 Å². The average molecular weight is 255 g/mol. The van der Waals surface area contributed by atoms with Crippen molar-refractivity contribution in [2.45, 2.75) is 12.8 Å². The summed E-state index contributed by atoms with van der Waals surface area (Å²) in [7, 11) is 1.67. The second-order valence-electron chi connectivity index (χ2n) is 4.93. The van der Waals surface area contributed by atoms with Gasteiger partial charge in [0.25, 0.3) is 0 Å². The SMILES string of the molecule is COc1cncc(CC2COc3ccccc3C2)c1. The first-order valence-electron chi connectivity index (χ1n) is 6.54. The third-order valence-corrected chi connectivity index (χ3v) is 3.49. The summed E-state index contributed by atoms with van der Waals surface area (Å²) in [5.74, 6) is 2.35. The van der Waals surface area contributed by atoms with Gasteiger partial charge in [-0.3, -0.25) is 4.98 Å². The van der Waals surface area contributed by atoms with Gasteiger partial charge in [-0.1, -0.05) is 18.2 Å². The monoisotopic (exact) mass is 255 g/mol. The van der Waals surface area contributed by atoms with Gasteiger partial charge in [-0.2, -0.15) is 0 Å². The minimum absolute atomic E-state index is 0.504. The second-order valence-corrected chi connectivity index (χ2v) is 4.93. The Morgan fingerprint density at radius 2 is 2.21 bits per heavy atom. The number of hydrogen-bond donors (Lipinski definition) is 0. The van der Waals surface area contributed by atoms with Gasteiger partial charge in [0.2, 0.25) is 0 Å². The zero-order valence-electron chi connectivity index (χ0n) is 11.0. The molecule has 1 unspecified atom stereocenters. The lowest BCUT2D eigenvalue weighted by Gasteiger charge is -2.25. The highest BCUT2D eigenvalue weighted by Crippen LogP contribution is 2.28. The van der Waals surface area contributed by atoms with Gasteiger partial charge >= 0.3 is 0 Å². The Morgan fingerprint density at radius 3 is 3.11 bits per heavy atom. The van der Waals surface area contributed by atoms with E-state index < -0.39 is 0 Å². The highest BCUT2D eigenvalue weighted by Gasteiger charge is 2.19. The van der Waals surface area contributed by atoms with E-state index in [4.69, 9.17) is 9.47 Å². The van der Waals surface area contributed by atoms with Gasteiger partial charge in [-0.15, -0.1) is 0 Å². The zero-order chi connectivity index (χ0) is 13.1. The minimum Gasteiger partial charge on any atom is -0.495 e. The number of aromatic nitrogens is 1. The summed E-state index contributed by atoms with van der Waals surface area (Å²) in [4.78, 5) is 4.20. The molecule has 1 aromatic carbocycles. The first-order chi connectivity index (χ1) is 9.35. The summed E-state index contributed by atoms with van der Waals surface area (Å²) in [6.45, 7) is 0.772. The molecule has 3 rings (SSSR count). The van der Waals surface area contributed by atoms with Gasteiger partial charge in [-0.25, -0.2) is 0 Å². The van der Waals surface area contributed by atoms with E-state index in [0.29, 0.717) is 5.92 Å². The highest BCUT2D eigenvalue weighted by molar-refractivity contribution is 5.35. The largest absolute Gasteiger partial charge is 0.495 e. The molecule has 1 atom stereocenters. The van der Waals surface area contributed by atoms with Crippen LogP contribution in [0.4, 0.5) is 0 Å². The Hall–Kier alpha value is -2.03. The van der Waals surface area contributed by atoms with Gasteiger partial charge < -0.3 is 9.47 Å². The molecule has 0 aliphatic carbocycles. The molecule has 3 nitrogen and oxygen atoms in total. The van der Waals surface area contributed by atoms with Crippen molar-refractivity contribution in [2.75, 3.05) is 13.7 Å². The molecule has 1 aliphatic heterocycles. The predicted octanol–water partition coefficient (Wildman–Crippen LogP) is 2.88. The number of pyridine rings is 1. The van der Waals surface area contributed by atoms with Crippen LogP contribution in [0.25, 0.3) is 0 Å². The van der Waals surface area contributed by atoms with E-state index in [1.165, 1.54) is 11.1 Å². The van der Waals surface area contributed by atoms with Crippen molar-refractivity contribution in [3.05, 3.63) is 53.9 Å². The molecule has 98 valence electrons. The van der Waals surface area contributed by atoms with Crippen molar-refractivity contribution in [1.82, 2.24) is 4.98 Å². The van der Waals surface area contributed by atoms with E-state index in [0.717, 1.165) is 30.9 Å². The van der Waals surface area contributed by atoms with E-state index in [-0.39, 0.29) is 0 Å². The molecule has 0 saturated heterocycles. The van der Waals surface area contributed by atoms with Gasteiger partial charge in [-0.05, 0) is 36.1 Å². The first kappa shape index (κ1) is 12.0. The maximum absolute atomic E-state index is 5.81. The summed E-state index contributed by atoms with van der Waals surface area (Å²) >= 11 is 0. The van der Waals surface area contributed by atoms with E-state index in [2.05, 4.69) is 17.1 Å². The maximum Gasteiger partial charge on any atom is 0.137 e. The molecule has 19 heavy (non-hydrogen) atoms. The normalized spacial score (nSPS) is 17.4. The number of hydrogen-bond acceptors (Lipinski definition) is 3. The van der Waals surface area contributed by atoms with Crippen LogP contribution in [0.1, 0.15) is 11.1 Å². The second kappa shape index (κ2) is 5.31. The average Bonchev–Trinajstić information content (AvgIpc) is 2.47. The summed E-state index contributed by atoms with van der Waals surface area (Å²) in [6, 6.07) is 10.3. The Balaban J connectivity index is 1.71. The summed E-state index contributed by atoms with van der Waals surface area (Å²) in [6.07, 6.45) is 5.67. The van der Waals surface area contributed by atoms with E-state index in [9.17, 15) is 0 Å². The molecule has 0 radical (unpaired) electrons. The third kappa shape index (κ3) is 2.70. The lowest BCUT2D eigenvalue weighted by atomic mass is 9.91. The first-order valence-corrected chi connectivity index (χ1v) is 6.54. The molecular weight excluding hydrogens is 238 g/mol. The van der Waals surface area contributed by atoms with Crippen LogP contribution in [-0.4, -0.2) is 18.7 Å². The number of ether oxygens (including phenoxy) is 2. The standard InChI is InChI=1S/C16H17NO2/c1-18-15-8-12(9-17-10-15)6-13-7-14-4-2-3-5-16(14)19-11-13/h2-5,8-10,13H,6-7,11H2,1H3. The fourth-order valence-electron chi connectivity index (χ4n) is 2.54. The molecule has 0 spiro atoms. The van der Waals surface area contributed by atoms with Crippen molar-refractivity contribution in [1.29, 1.82) is 0 Å². The zero-order valence-corrected chi connectivity index (χ0v) is 11.0. The fourth-order valence-corrected chi connectivity index (χ4v) is 2.54. The van der Waals surface area contributed by atoms with Crippen molar-refractivity contribution >= 4 is 0 Å². The highest BCUT2D eigenvalue weighted by atomic mass is 16.5. The van der Waals surface area contributed by atoms with Crippen LogP contribution in [0.3, 0.4) is 0 Å². The fraction of sp³-hybridized carbons (Fsp3) is 0.312. The molecule has 0 amide bonds. The molecule has 0 saturated carbocycles. The van der Waals surface area contributed by atoms with Gasteiger partial charge in [0.15, 0.2) is 0 Å². The lowest BCUT2D eigenvalue weighted by Crippen LogP contribution is -2.22. The van der Waals surface area contributed by atoms with Crippen LogP contribution < -0.4 is 9.47 Å². The molecule has 0 fully saturated rings. The van der Waals surface area contributed by atoms with Gasteiger partial charge in [0, 0.05) is 12.1 Å². The summed E-state index contributed by atoms with van der Waals surface area (Å²) in [5, 5.41) is 0. The van der Waals surface area contributed by atoms with Crippen LogP contribution >= 0.6 is 0 Å². The number of fused-ring (bicyclic) bond motifs is 1. The lowest BCUT2D eigenvalue weighted by molar-refractivity contribution is 0.221. The smallest absolute Gasteiger partial charge is 0.137 e. The third-order valence-electron chi connectivity index (χ3n) is 3.49. The Kier molecular flexibility index (Phi) is 3.36. The van der Waals surface area contributed by atoms with Crippen LogP contribution in [-0.2, 0) is 12.8 Å². The molecular formula is C16H17NO2. The molecule has 1 aromatic heterocycles. The number of methoxy groups -OCH3 is 1.